The lowest BCUT2D eigenvalue weighted by atomic mass is 9.84. The standard InChI is InChI=1S/C14H18F2N2/c1-8(12-5-9-2-3-10(12)4-9)18-14-13(16)6-11(15)7-17-14/h6-10,12H,2-5H2,1H3,(H,17,18). The van der Waals surface area contributed by atoms with Gasteiger partial charge >= 0.3 is 0 Å². The Morgan fingerprint density at radius 1 is 1.33 bits per heavy atom. The maximum absolute atomic E-state index is 13.5. The van der Waals surface area contributed by atoms with Gasteiger partial charge in [-0.15, -0.1) is 0 Å². The summed E-state index contributed by atoms with van der Waals surface area (Å²) in [6.45, 7) is 2.08. The number of nitrogens with zero attached hydrogens (tertiary/aromatic N) is 1. The first-order valence-electron chi connectivity index (χ1n) is 6.71. The van der Waals surface area contributed by atoms with Crippen LogP contribution in [0.4, 0.5) is 14.6 Å². The molecule has 4 heteroatoms. The lowest BCUT2D eigenvalue weighted by Gasteiger charge is -2.28. The van der Waals surface area contributed by atoms with E-state index >= 15 is 0 Å². The Bertz CT molecular complexity index is 449. The average molecular weight is 252 g/mol. The smallest absolute Gasteiger partial charge is 0.168 e. The predicted molar refractivity (Wildman–Crippen MR) is 66.2 cm³/mol. The topological polar surface area (TPSA) is 24.9 Å². The summed E-state index contributed by atoms with van der Waals surface area (Å²) in [5.74, 6) is 1.19. The molecular formula is C14H18F2N2. The molecule has 1 aromatic rings. The maximum Gasteiger partial charge on any atom is 0.168 e. The summed E-state index contributed by atoms with van der Waals surface area (Å²) < 4.78 is 26.3. The number of halogens is 2. The van der Waals surface area contributed by atoms with Crippen LogP contribution in [0.3, 0.4) is 0 Å². The van der Waals surface area contributed by atoms with Gasteiger partial charge in [0.2, 0.25) is 0 Å². The van der Waals surface area contributed by atoms with Crippen LogP contribution >= 0.6 is 0 Å². The van der Waals surface area contributed by atoms with Crippen LogP contribution in [0.2, 0.25) is 0 Å². The van der Waals surface area contributed by atoms with E-state index in [1.54, 1.807) is 0 Å². The molecular weight excluding hydrogens is 234 g/mol. The highest BCUT2D eigenvalue weighted by Gasteiger charge is 2.41. The van der Waals surface area contributed by atoms with Crippen molar-refractivity contribution in [3.8, 4) is 0 Å². The van der Waals surface area contributed by atoms with Crippen molar-refractivity contribution < 1.29 is 8.78 Å². The highest BCUT2D eigenvalue weighted by Crippen LogP contribution is 2.49. The van der Waals surface area contributed by atoms with Crippen LogP contribution in [0.5, 0.6) is 0 Å². The number of hydrogen-bond donors (Lipinski definition) is 1. The number of aromatic nitrogens is 1. The molecule has 4 atom stereocenters. The third-order valence-electron chi connectivity index (χ3n) is 4.61. The molecule has 2 saturated carbocycles. The molecule has 18 heavy (non-hydrogen) atoms. The normalized spacial score (nSPS) is 31.6. The zero-order valence-corrected chi connectivity index (χ0v) is 10.5. The molecule has 2 aliphatic carbocycles. The highest BCUT2D eigenvalue weighted by molar-refractivity contribution is 5.37. The largest absolute Gasteiger partial charge is 0.365 e. The molecule has 1 N–H and O–H groups in total. The molecule has 2 nitrogen and oxygen atoms in total. The van der Waals surface area contributed by atoms with E-state index in [4.69, 9.17) is 0 Å². The van der Waals surface area contributed by atoms with Crippen LogP contribution < -0.4 is 5.32 Å². The fourth-order valence-corrected chi connectivity index (χ4v) is 3.75. The molecule has 0 saturated heterocycles. The highest BCUT2D eigenvalue weighted by atomic mass is 19.1. The summed E-state index contributed by atoms with van der Waals surface area (Å²) in [7, 11) is 0. The van der Waals surface area contributed by atoms with Crippen LogP contribution in [-0.4, -0.2) is 11.0 Å². The maximum atomic E-state index is 13.5. The Morgan fingerprint density at radius 2 is 2.17 bits per heavy atom. The van der Waals surface area contributed by atoms with Crippen LogP contribution in [0.25, 0.3) is 0 Å². The number of hydrogen-bond acceptors (Lipinski definition) is 2. The van der Waals surface area contributed by atoms with Crippen molar-refractivity contribution in [3.05, 3.63) is 23.9 Å². The SMILES string of the molecule is CC(Nc1ncc(F)cc1F)C1CC2CCC1C2. The molecule has 98 valence electrons. The first-order valence-corrected chi connectivity index (χ1v) is 6.71. The lowest BCUT2D eigenvalue weighted by Crippen LogP contribution is -2.30. The first kappa shape index (κ1) is 11.9. The summed E-state index contributed by atoms with van der Waals surface area (Å²) >= 11 is 0. The van der Waals surface area contributed by atoms with Crippen LogP contribution in [0.15, 0.2) is 12.3 Å². The number of pyridine rings is 1. The van der Waals surface area contributed by atoms with E-state index in [0.717, 1.165) is 24.1 Å². The van der Waals surface area contributed by atoms with Crippen molar-refractivity contribution in [2.45, 2.75) is 38.6 Å². The minimum absolute atomic E-state index is 0.173. The van der Waals surface area contributed by atoms with Gasteiger partial charge in [0.25, 0.3) is 0 Å². The van der Waals surface area contributed by atoms with Crippen molar-refractivity contribution in [3.63, 3.8) is 0 Å². The first-order chi connectivity index (χ1) is 8.63. The second-order valence-electron chi connectivity index (χ2n) is 5.76. The Morgan fingerprint density at radius 3 is 2.78 bits per heavy atom. The molecule has 0 spiro atoms. The average Bonchev–Trinajstić information content (AvgIpc) is 2.94. The molecule has 0 aromatic carbocycles. The van der Waals surface area contributed by atoms with Gasteiger partial charge in [0.15, 0.2) is 11.6 Å². The van der Waals surface area contributed by atoms with E-state index in [-0.39, 0.29) is 11.9 Å². The summed E-state index contributed by atoms with van der Waals surface area (Å²) in [5, 5.41) is 3.11. The molecule has 0 amide bonds. The lowest BCUT2D eigenvalue weighted by molar-refractivity contribution is 0.303. The third kappa shape index (κ3) is 2.08. The van der Waals surface area contributed by atoms with Gasteiger partial charge in [-0.25, -0.2) is 13.8 Å². The van der Waals surface area contributed by atoms with E-state index in [1.165, 1.54) is 25.7 Å². The molecule has 0 radical (unpaired) electrons. The minimum atomic E-state index is -0.634. The van der Waals surface area contributed by atoms with Gasteiger partial charge in [0.05, 0.1) is 6.20 Å². The van der Waals surface area contributed by atoms with Gasteiger partial charge in [-0.1, -0.05) is 6.42 Å². The molecule has 0 aliphatic heterocycles. The molecule has 1 heterocycles. The quantitative estimate of drug-likeness (QED) is 0.889. The fourth-order valence-electron chi connectivity index (χ4n) is 3.75. The summed E-state index contributed by atoms with van der Waals surface area (Å²) in [4.78, 5) is 3.79. The van der Waals surface area contributed by atoms with Gasteiger partial charge < -0.3 is 5.32 Å². The van der Waals surface area contributed by atoms with E-state index in [9.17, 15) is 8.78 Å². The van der Waals surface area contributed by atoms with Gasteiger partial charge in [-0.05, 0) is 43.9 Å². The Hall–Kier alpha value is -1.19. The van der Waals surface area contributed by atoms with Crippen LogP contribution in [0.1, 0.15) is 32.6 Å². The number of nitrogens with one attached hydrogen (secondary N) is 1. The Balaban J connectivity index is 1.69. The monoisotopic (exact) mass is 252 g/mol. The summed E-state index contributed by atoms with van der Waals surface area (Å²) in [6.07, 6.45) is 6.29. The van der Waals surface area contributed by atoms with Gasteiger partial charge in [-0.3, -0.25) is 0 Å². The second kappa shape index (κ2) is 4.48. The van der Waals surface area contributed by atoms with Crippen LogP contribution in [-0.2, 0) is 0 Å². The summed E-state index contributed by atoms with van der Waals surface area (Å²) in [6, 6.07) is 1.08. The van der Waals surface area contributed by atoms with Gasteiger partial charge in [0.1, 0.15) is 5.82 Å². The van der Waals surface area contributed by atoms with Crippen LogP contribution in [0, 0.1) is 29.4 Å². The predicted octanol–water partition coefficient (Wildman–Crippen LogP) is 3.60. The van der Waals surface area contributed by atoms with Gasteiger partial charge in [-0.2, -0.15) is 0 Å². The number of anilines is 1. The minimum Gasteiger partial charge on any atom is -0.365 e. The Kier molecular flexibility index (Phi) is 2.96. The summed E-state index contributed by atoms with van der Waals surface area (Å²) in [5.41, 5.74) is 0. The fraction of sp³-hybridized carbons (Fsp3) is 0.643. The molecule has 2 fully saturated rings. The zero-order chi connectivity index (χ0) is 12.7. The molecule has 1 aromatic heterocycles. The van der Waals surface area contributed by atoms with Crippen molar-refractivity contribution in [2.24, 2.45) is 17.8 Å². The van der Waals surface area contributed by atoms with Crippen molar-refractivity contribution in [1.29, 1.82) is 0 Å². The van der Waals surface area contributed by atoms with Crippen molar-refractivity contribution in [1.82, 2.24) is 4.98 Å². The third-order valence-corrected chi connectivity index (χ3v) is 4.61. The zero-order valence-electron chi connectivity index (χ0n) is 10.5. The molecule has 3 rings (SSSR count). The van der Waals surface area contributed by atoms with Crippen molar-refractivity contribution >= 4 is 5.82 Å². The van der Waals surface area contributed by atoms with E-state index in [2.05, 4.69) is 17.2 Å². The second-order valence-corrected chi connectivity index (χ2v) is 5.76. The number of rotatable bonds is 3. The molecule has 4 unspecified atom stereocenters. The van der Waals surface area contributed by atoms with Crippen molar-refractivity contribution in [2.75, 3.05) is 5.32 Å². The van der Waals surface area contributed by atoms with Gasteiger partial charge in [0, 0.05) is 12.1 Å². The molecule has 2 bridgehead atoms. The number of fused-ring (bicyclic) bond motifs is 2. The van der Waals surface area contributed by atoms with E-state index in [1.807, 2.05) is 0 Å². The van der Waals surface area contributed by atoms with E-state index in [0.29, 0.717) is 5.92 Å². The van der Waals surface area contributed by atoms with E-state index < -0.39 is 11.6 Å². The molecule has 2 aliphatic rings. The Labute approximate surface area is 106 Å².